The van der Waals surface area contributed by atoms with Gasteiger partial charge in [0.25, 0.3) is 6.29 Å². The van der Waals surface area contributed by atoms with Crippen LogP contribution in [0, 0.1) is 0 Å². The Bertz CT molecular complexity index is 408. The summed E-state index contributed by atoms with van der Waals surface area (Å²) in [6.07, 6.45) is 1.06. The standard InChI is InChI=1S/C11H9BrO3/c1-7-6-10(15-11(7)13)14-9-4-2-8(12)3-5-9/h2-6,10H,1H3/t10-/m1/s1. The van der Waals surface area contributed by atoms with Crippen molar-refractivity contribution in [3.8, 4) is 5.75 Å². The van der Waals surface area contributed by atoms with Crippen molar-refractivity contribution in [3.63, 3.8) is 0 Å². The number of ether oxygens (including phenoxy) is 2. The monoisotopic (exact) mass is 268 g/mol. The SMILES string of the molecule is CC1=C[C@H](Oc2ccc(Br)cc2)OC1=O. The lowest BCUT2D eigenvalue weighted by Crippen LogP contribution is -2.15. The highest BCUT2D eigenvalue weighted by atomic mass is 79.9. The number of carbonyl (C=O) groups excluding carboxylic acids is 1. The maximum absolute atomic E-state index is 11.1. The minimum absolute atomic E-state index is 0.322. The van der Waals surface area contributed by atoms with Crippen LogP contribution >= 0.6 is 15.9 Å². The molecule has 0 saturated heterocycles. The van der Waals surface area contributed by atoms with Crippen LogP contribution in [-0.2, 0) is 9.53 Å². The van der Waals surface area contributed by atoms with E-state index in [9.17, 15) is 4.79 Å². The fourth-order valence-electron chi connectivity index (χ4n) is 1.21. The quantitative estimate of drug-likeness (QED) is 0.774. The Morgan fingerprint density at radius 2 is 2.00 bits per heavy atom. The van der Waals surface area contributed by atoms with Crippen molar-refractivity contribution >= 4 is 21.9 Å². The van der Waals surface area contributed by atoms with E-state index >= 15 is 0 Å². The van der Waals surface area contributed by atoms with E-state index in [-0.39, 0.29) is 5.97 Å². The normalized spacial score (nSPS) is 19.7. The van der Waals surface area contributed by atoms with Crippen LogP contribution in [-0.4, -0.2) is 12.3 Å². The largest absolute Gasteiger partial charge is 0.451 e. The molecule has 0 aromatic heterocycles. The first kappa shape index (κ1) is 10.2. The minimum atomic E-state index is -0.598. The van der Waals surface area contributed by atoms with E-state index in [1.807, 2.05) is 12.1 Å². The molecule has 0 bridgehead atoms. The fraction of sp³-hybridized carbons (Fsp3) is 0.182. The van der Waals surface area contributed by atoms with E-state index in [1.165, 1.54) is 0 Å². The van der Waals surface area contributed by atoms with Crippen LogP contribution in [0.5, 0.6) is 5.75 Å². The smallest absolute Gasteiger partial charge is 0.336 e. The average Bonchev–Trinajstić information content (AvgIpc) is 2.50. The molecule has 0 N–H and O–H groups in total. The van der Waals surface area contributed by atoms with Crippen molar-refractivity contribution in [2.75, 3.05) is 0 Å². The lowest BCUT2D eigenvalue weighted by Gasteiger charge is -2.10. The van der Waals surface area contributed by atoms with E-state index in [2.05, 4.69) is 15.9 Å². The molecule has 1 aliphatic rings. The topological polar surface area (TPSA) is 35.5 Å². The molecule has 15 heavy (non-hydrogen) atoms. The third kappa shape index (κ3) is 2.39. The summed E-state index contributed by atoms with van der Waals surface area (Å²) in [5, 5.41) is 0. The minimum Gasteiger partial charge on any atom is -0.451 e. The highest BCUT2D eigenvalue weighted by molar-refractivity contribution is 9.10. The number of rotatable bonds is 2. The van der Waals surface area contributed by atoms with Crippen LogP contribution in [0.25, 0.3) is 0 Å². The third-order valence-electron chi connectivity index (χ3n) is 2.00. The molecule has 0 radical (unpaired) electrons. The van der Waals surface area contributed by atoms with Crippen molar-refractivity contribution in [1.29, 1.82) is 0 Å². The van der Waals surface area contributed by atoms with E-state index in [4.69, 9.17) is 9.47 Å². The zero-order chi connectivity index (χ0) is 10.8. The molecule has 3 nitrogen and oxygen atoms in total. The molecule has 0 aliphatic carbocycles. The summed E-state index contributed by atoms with van der Waals surface area (Å²) in [5.41, 5.74) is 0.581. The van der Waals surface area contributed by atoms with E-state index < -0.39 is 6.29 Å². The van der Waals surface area contributed by atoms with Gasteiger partial charge in [0, 0.05) is 16.1 Å². The second kappa shape index (κ2) is 4.06. The molecular weight excluding hydrogens is 260 g/mol. The van der Waals surface area contributed by atoms with Crippen molar-refractivity contribution in [3.05, 3.63) is 40.4 Å². The average molecular weight is 269 g/mol. The Kier molecular flexibility index (Phi) is 2.77. The third-order valence-corrected chi connectivity index (χ3v) is 2.53. The van der Waals surface area contributed by atoms with Gasteiger partial charge in [0.2, 0.25) is 0 Å². The summed E-state index contributed by atoms with van der Waals surface area (Å²) in [6, 6.07) is 7.34. The van der Waals surface area contributed by atoms with E-state index in [1.54, 1.807) is 25.1 Å². The van der Waals surface area contributed by atoms with Crippen molar-refractivity contribution in [2.45, 2.75) is 13.2 Å². The van der Waals surface area contributed by atoms with Gasteiger partial charge < -0.3 is 9.47 Å². The fourth-order valence-corrected chi connectivity index (χ4v) is 1.47. The molecule has 0 saturated carbocycles. The van der Waals surface area contributed by atoms with Gasteiger partial charge in [-0.2, -0.15) is 0 Å². The lowest BCUT2D eigenvalue weighted by atomic mass is 10.3. The number of cyclic esters (lactones) is 1. The molecule has 0 fully saturated rings. The van der Waals surface area contributed by atoms with Gasteiger partial charge in [-0.1, -0.05) is 15.9 Å². The summed E-state index contributed by atoms with van der Waals surface area (Å²) in [4.78, 5) is 11.1. The van der Waals surface area contributed by atoms with Crippen molar-refractivity contribution in [2.24, 2.45) is 0 Å². The maximum atomic E-state index is 11.1. The Morgan fingerprint density at radius 3 is 2.53 bits per heavy atom. The predicted molar refractivity (Wildman–Crippen MR) is 58.4 cm³/mol. The molecule has 0 unspecified atom stereocenters. The summed E-state index contributed by atoms with van der Waals surface area (Å²) in [7, 11) is 0. The summed E-state index contributed by atoms with van der Waals surface area (Å²) < 4.78 is 11.3. The number of carbonyl (C=O) groups is 1. The Labute approximate surface area is 95.8 Å². The van der Waals surface area contributed by atoms with Crippen molar-refractivity contribution < 1.29 is 14.3 Å². The summed E-state index contributed by atoms with van der Waals surface area (Å²) >= 11 is 3.32. The van der Waals surface area contributed by atoms with Gasteiger partial charge in [-0.3, -0.25) is 0 Å². The number of esters is 1. The molecular formula is C11H9BrO3. The second-order valence-corrected chi connectivity index (χ2v) is 4.11. The van der Waals surface area contributed by atoms with Gasteiger partial charge in [-0.25, -0.2) is 4.79 Å². The Hall–Kier alpha value is -1.29. The molecule has 1 aromatic rings. The first-order valence-corrected chi connectivity index (χ1v) is 5.26. The molecule has 1 aromatic carbocycles. The van der Waals surface area contributed by atoms with Crippen LogP contribution in [0.4, 0.5) is 0 Å². The zero-order valence-corrected chi connectivity index (χ0v) is 9.65. The molecule has 1 aliphatic heterocycles. The molecule has 1 heterocycles. The van der Waals surface area contributed by atoms with Gasteiger partial charge in [0.05, 0.1) is 0 Å². The first-order valence-electron chi connectivity index (χ1n) is 4.47. The molecule has 2 rings (SSSR count). The Balaban J connectivity index is 2.05. The van der Waals surface area contributed by atoms with Gasteiger partial charge in [-0.05, 0) is 31.2 Å². The van der Waals surface area contributed by atoms with Crippen LogP contribution < -0.4 is 4.74 Å². The molecule has 78 valence electrons. The molecule has 0 amide bonds. The highest BCUT2D eigenvalue weighted by Gasteiger charge is 2.23. The van der Waals surface area contributed by atoms with Crippen LogP contribution in [0.2, 0.25) is 0 Å². The first-order chi connectivity index (χ1) is 7.15. The van der Waals surface area contributed by atoms with Crippen LogP contribution in [0.1, 0.15) is 6.92 Å². The number of halogens is 1. The van der Waals surface area contributed by atoms with E-state index in [0.29, 0.717) is 11.3 Å². The predicted octanol–water partition coefficient (Wildman–Crippen LogP) is 2.66. The number of benzene rings is 1. The molecule has 1 atom stereocenters. The van der Waals surface area contributed by atoms with Gasteiger partial charge in [-0.15, -0.1) is 0 Å². The van der Waals surface area contributed by atoms with E-state index in [0.717, 1.165) is 4.47 Å². The van der Waals surface area contributed by atoms with Crippen molar-refractivity contribution in [1.82, 2.24) is 0 Å². The van der Waals surface area contributed by atoms with Crippen LogP contribution in [0.3, 0.4) is 0 Å². The second-order valence-electron chi connectivity index (χ2n) is 3.20. The highest BCUT2D eigenvalue weighted by Crippen LogP contribution is 2.20. The van der Waals surface area contributed by atoms with Gasteiger partial charge in [0.1, 0.15) is 5.75 Å². The van der Waals surface area contributed by atoms with Crippen LogP contribution in [0.15, 0.2) is 40.4 Å². The number of hydrogen-bond acceptors (Lipinski definition) is 3. The molecule has 4 heteroatoms. The Morgan fingerprint density at radius 1 is 1.33 bits per heavy atom. The van der Waals surface area contributed by atoms with Gasteiger partial charge >= 0.3 is 5.97 Å². The zero-order valence-electron chi connectivity index (χ0n) is 8.07. The number of hydrogen-bond donors (Lipinski definition) is 0. The van der Waals surface area contributed by atoms with Gasteiger partial charge in [0.15, 0.2) is 0 Å². The molecule has 0 spiro atoms. The lowest BCUT2D eigenvalue weighted by molar-refractivity contribution is -0.148. The maximum Gasteiger partial charge on any atom is 0.336 e. The summed E-state index contributed by atoms with van der Waals surface area (Å²) in [6.45, 7) is 1.70. The summed E-state index contributed by atoms with van der Waals surface area (Å²) in [5.74, 6) is 0.346.